The van der Waals surface area contributed by atoms with Crippen LogP contribution in [0.5, 0.6) is 0 Å². The van der Waals surface area contributed by atoms with Crippen LogP contribution in [-0.2, 0) is 19.3 Å². The van der Waals surface area contributed by atoms with Crippen molar-refractivity contribution in [2.45, 2.75) is 70.6 Å². The first-order valence-corrected chi connectivity index (χ1v) is 9.07. The summed E-state index contributed by atoms with van der Waals surface area (Å²) in [5.41, 5.74) is 5.46. The number of hydrogen-bond donors (Lipinski definition) is 1. The van der Waals surface area contributed by atoms with Crippen LogP contribution in [0.25, 0.3) is 0 Å². The molecule has 0 saturated heterocycles. The van der Waals surface area contributed by atoms with E-state index in [0.29, 0.717) is 5.41 Å². The average molecular weight is 285 g/mol. The number of benzene rings is 1. The van der Waals surface area contributed by atoms with E-state index in [-0.39, 0.29) is 0 Å². The Morgan fingerprint density at radius 3 is 2.57 bits per heavy atom. The van der Waals surface area contributed by atoms with E-state index in [4.69, 9.17) is 0 Å². The summed E-state index contributed by atoms with van der Waals surface area (Å²) in [5.74, 6) is 0. The van der Waals surface area contributed by atoms with Crippen LogP contribution < -0.4 is 5.32 Å². The maximum absolute atomic E-state index is 3.37. The number of rotatable bonds is 6. The predicted octanol–water partition coefficient (Wildman–Crippen LogP) is 4.67. The molecule has 0 atom stereocenters. The van der Waals surface area contributed by atoms with Gasteiger partial charge >= 0.3 is 0 Å². The minimum absolute atomic E-state index is 0.625. The van der Waals surface area contributed by atoms with Crippen molar-refractivity contribution in [2.24, 2.45) is 5.41 Å². The molecule has 3 rings (SSSR count). The van der Waals surface area contributed by atoms with Crippen LogP contribution in [0.1, 0.15) is 68.1 Å². The molecule has 0 amide bonds. The summed E-state index contributed by atoms with van der Waals surface area (Å²) in [5, 5.41) is 3.37. The van der Waals surface area contributed by atoms with Crippen molar-refractivity contribution in [3.05, 3.63) is 34.9 Å². The fourth-order valence-corrected chi connectivity index (χ4v) is 4.51. The number of nitrogens with one attached hydrogen (secondary N) is 1. The van der Waals surface area contributed by atoms with Crippen molar-refractivity contribution in [1.29, 1.82) is 0 Å². The summed E-state index contributed by atoms with van der Waals surface area (Å²) in [6, 6.07) is 7.31. The zero-order valence-electron chi connectivity index (χ0n) is 13.7. The lowest BCUT2D eigenvalue weighted by Gasteiger charge is -2.38. The van der Waals surface area contributed by atoms with Crippen LogP contribution in [0.4, 0.5) is 0 Å². The molecule has 0 unspecified atom stereocenters. The van der Waals surface area contributed by atoms with E-state index in [0.717, 1.165) is 0 Å². The van der Waals surface area contributed by atoms with Gasteiger partial charge in [-0.3, -0.25) is 0 Å². The second kappa shape index (κ2) is 6.96. The lowest BCUT2D eigenvalue weighted by Crippen LogP contribution is -2.29. The van der Waals surface area contributed by atoms with Gasteiger partial charge in [0.25, 0.3) is 0 Å². The fourth-order valence-electron chi connectivity index (χ4n) is 4.51. The summed E-state index contributed by atoms with van der Waals surface area (Å²) < 4.78 is 0. The summed E-state index contributed by atoms with van der Waals surface area (Å²) in [6.07, 6.45) is 15.3. The first kappa shape index (κ1) is 15.1. The van der Waals surface area contributed by atoms with Crippen molar-refractivity contribution >= 4 is 0 Å². The van der Waals surface area contributed by atoms with E-state index in [1.165, 1.54) is 77.2 Å². The molecule has 0 spiro atoms. The van der Waals surface area contributed by atoms with Gasteiger partial charge in [0.1, 0.15) is 0 Å². The second-order valence-corrected chi connectivity index (χ2v) is 7.37. The van der Waals surface area contributed by atoms with Crippen LogP contribution in [0.2, 0.25) is 0 Å². The standard InChI is InChI=1S/C20H31N/c1-21-15-14-20(11-3-2-4-12-20)13-10-17-8-9-18-6-5-7-19(18)16-17/h8-9,16,21H,2-7,10-15H2,1H3. The summed E-state index contributed by atoms with van der Waals surface area (Å²) in [6.45, 7) is 1.18. The largest absolute Gasteiger partial charge is 0.320 e. The van der Waals surface area contributed by atoms with Gasteiger partial charge in [-0.15, -0.1) is 0 Å². The summed E-state index contributed by atoms with van der Waals surface area (Å²) in [4.78, 5) is 0. The third kappa shape index (κ3) is 3.69. The molecule has 2 aliphatic rings. The van der Waals surface area contributed by atoms with Gasteiger partial charge in [-0.25, -0.2) is 0 Å². The zero-order chi connectivity index (χ0) is 14.5. The lowest BCUT2D eigenvalue weighted by molar-refractivity contribution is 0.157. The maximum atomic E-state index is 3.37. The molecule has 1 fully saturated rings. The van der Waals surface area contributed by atoms with Crippen LogP contribution in [0.15, 0.2) is 18.2 Å². The van der Waals surface area contributed by atoms with Crippen LogP contribution in [0, 0.1) is 5.41 Å². The van der Waals surface area contributed by atoms with E-state index in [1.807, 2.05) is 0 Å². The Morgan fingerprint density at radius 2 is 1.76 bits per heavy atom. The second-order valence-electron chi connectivity index (χ2n) is 7.37. The Bertz CT molecular complexity index is 457. The van der Waals surface area contributed by atoms with Gasteiger partial charge in [0.2, 0.25) is 0 Å². The topological polar surface area (TPSA) is 12.0 Å². The van der Waals surface area contributed by atoms with Crippen LogP contribution in [0.3, 0.4) is 0 Å². The van der Waals surface area contributed by atoms with Gasteiger partial charge in [0.15, 0.2) is 0 Å². The van der Waals surface area contributed by atoms with Gasteiger partial charge in [-0.1, -0.05) is 37.5 Å². The molecule has 0 aromatic heterocycles. The molecule has 2 aliphatic carbocycles. The van der Waals surface area contributed by atoms with E-state index < -0.39 is 0 Å². The molecule has 1 heteroatoms. The summed E-state index contributed by atoms with van der Waals surface area (Å²) >= 11 is 0. The Kier molecular flexibility index (Phi) is 5.00. The van der Waals surface area contributed by atoms with Crippen molar-refractivity contribution in [3.63, 3.8) is 0 Å². The molecule has 0 radical (unpaired) electrons. The molecular weight excluding hydrogens is 254 g/mol. The van der Waals surface area contributed by atoms with Gasteiger partial charge in [0, 0.05) is 0 Å². The monoisotopic (exact) mass is 285 g/mol. The number of fused-ring (bicyclic) bond motifs is 1. The summed E-state index contributed by atoms with van der Waals surface area (Å²) in [7, 11) is 2.09. The maximum Gasteiger partial charge on any atom is -0.00466 e. The predicted molar refractivity (Wildman–Crippen MR) is 90.8 cm³/mol. The van der Waals surface area contributed by atoms with Gasteiger partial charge in [-0.05, 0) is 87.1 Å². The van der Waals surface area contributed by atoms with Crippen molar-refractivity contribution in [3.8, 4) is 0 Å². The molecule has 1 aromatic carbocycles. The molecule has 0 aliphatic heterocycles. The smallest absolute Gasteiger partial charge is 0.00466 e. The third-order valence-corrected chi connectivity index (χ3v) is 5.93. The highest BCUT2D eigenvalue weighted by Gasteiger charge is 2.30. The molecule has 1 N–H and O–H groups in total. The first-order chi connectivity index (χ1) is 10.3. The number of hydrogen-bond acceptors (Lipinski definition) is 1. The van der Waals surface area contributed by atoms with E-state index in [1.54, 1.807) is 16.7 Å². The van der Waals surface area contributed by atoms with Crippen molar-refractivity contribution < 1.29 is 0 Å². The Hall–Kier alpha value is -0.820. The van der Waals surface area contributed by atoms with Crippen molar-refractivity contribution in [1.82, 2.24) is 5.32 Å². The Labute approximate surface area is 130 Å². The number of aryl methyl sites for hydroxylation is 3. The van der Waals surface area contributed by atoms with Crippen LogP contribution in [-0.4, -0.2) is 13.6 Å². The normalized spacial score (nSPS) is 20.4. The minimum atomic E-state index is 0.625. The van der Waals surface area contributed by atoms with Gasteiger partial charge in [-0.2, -0.15) is 0 Å². The minimum Gasteiger partial charge on any atom is -0.320 e. The highest BCUT2D eigenvalue weighted by Crippen LogP contribution is 2.43. The molecule has 0 bridgehead atoms. The van der Waals surface area contributed by atoms with E-state index in [2.05, 4.69) is 30.6 Å². The lowest BCUT2D eigenvalue weighted by atomic mass is 9.68. The molecule has 21 heavy (non-hydrogen) atoms. The first-order valence-electron chi connectivity index (χ1n) is 9.07. The quantitative estimate of drug-likeness (QED) is 0.801. The van der Waals surface area contributed by atoms with Crippen LogP contribution >= 0.6 is 0 Å². The van der Waals surface area contributed by atoms with Gasteiger partial charge in [0.05, 0.1) is 0 Å². The van der Waals surface area contributed by atoms with E-state index >= 15 is 0 Å². The molecule has 1 saturated carbocycles. The highest BCUT2D eigenvalue weighted by atomic mass is 14.8. The third-order valence-electron chi connectivity index (χ3n) is 5.93. The Balaban J connectivity index is 1.63. The molecule has 0 heterocycles. The van der Waals surface area contributed by atoms with Crippen molar-refractivity contribution in [2.75, 3.05) is 13.6 Å². The Morgan fingerprint density at radius 1 is 0.952 bits per heavy atom. The van der Waals surface area contributed by atoms with Gasteiger partial charge < -0.3 is 5.32 Å². The molecule has 1 nitrogen and oxygen atoms in total. The average Bonchev–Trinajstić information content (AvgIpc) is 3.00. The molecule has 116 valence electrons. The fraction of sp³-hybridized carbons (Fsp3) is 0.700. The highest BCUT2D eigenvalue weighted by molar-refractivity contribution is 5.35. The SMILES string of the molecule is CNCCC1(CCc2ccc3c(c2)CCC3)CCCCC1. The zero-order valence-corrected chi connectivity index (χ0v) is 13.7. The molecule has 1 aromatic rings. The molecular formula is C20H31N. The van der Waals surface area contributed by atoms with E-state index in [9.17, 15) is 0 Å².